The van der Waals surface area contributed by atoms with E-state index in [1.807, 2.05) is 26.0 Å². The number of nitrogen functional groups attached to an aromatic ring is 1. The van der Waals surface area contributed by atoms with Crippen molar-refractivity contribution in [1.82, 2.24) is 10.9 Å². The molecule has 0 fully saturated rings. The standard InChI is InChI=1S/C26H31N5O2/c1-6-9-21(8-3)30-31-26(32)23(29-22-12-10-19(11-13-22)25(27)28)20-15-17(4)24(18(5)16-20)33-14-7-2/h6-13,15-16,23,29-30H,1-3,14H2,4-5H3,(H3,27,28)(H,31,32)/b21-9+. The summed E-state index contributed by atoms with van der Waals surface area (Å²) in [4.78, 5) is 13.2. The number of amides is 1. The van der Waals surface area contributed by atoms with Gasteiger partial charge in [-0.1, -0.05) is 31.9 Å². The lowest BCUT2D eigenvalue weighted by Crippen LogP contribution is -2.41. The van der Waals surface area contributed by atoms with E-state index in [1.54, 1.807) is 48.6 Å². The summed E-state index contributed by atoms with van der Waals surface area (Å²) < 4.78 is 5.77. The maximum Gasteiger partial charge on any atom is 0.265 e. The molecule has 172 valence electrons. The number of hydrogen-bond donors (Lipinski definition) is 5. The van der Waals surface area contributed by atoms with Gasteiger partial charge in [-0.3, -0.25) is 21.1 Å². The summed E-state index contributed by atoms with van der Waals surface area (Å²) in [6, 6.07) is 10.1. The fourth-order valence-electron chi connectivity index (χ4n) is 3.23. The number of allylic oxidation sites excluding steroid dienone is 3. The Hall–Kier alpha value is -4.26. The number of amidine groups is 1. The van der Waals surface area contributed by atoms with Crippen molar-refractivity contribution in [3.8, 4) is 5.75 Å². The second-order valence-corrected chi connectivity index (χ2v) is 7.33. The molecule has 0 saturated carbocycles. The van der Waals surface area contributed by atoms with E-state index in [0.29, 0.717) is 23.6 Å². The zero-order valence-electron chi connectivity index (χ0n) is 19.1. The van der Waals surface area contributed by atoms with Crippen LogP contribution in [0.5, 0.6) is 5.75 Å². The molecule has 0 aromatic heterocycles. The van der Waals surface area contributed by atoms with Gasteiger partial charge in [0.1, 0.15) is 24.2 Å². The maximum absolute atomic E-state index is 13.2. The number of benzene rings is 2. The summed E-state index contributed by atoms with van der Waals surface area (Å²) in [5, 5.41) is 10.8. The molecule has 1 unspecified atom stereocenters. The molecule has 0 aliphatic carbocycles. The van der Waals surface area contributed by atoms with Gasteiger partial charge in [0.2, 0.25) is 0 Å². The summed E-state index contributed by atoms with van der Waals surface area (Å²) >= 11 is 0. The monoisotopic (exact) mass is 445 g/mol. The van der Waals surface area contributed by atoms with E-state index in [1.165, 1.54) is 0 Å². The first-order valence-corrected chi connectivity index (χ1v) is 10.4. The highest BCUT2D eigenvalue weighted by Crippen LogP contribution is 2.29. The summed E-state index contributed by atoms with van der Waals surface area (Å²) in [5.74, 6) is 0.443. The van der Waals surface area contributed by atoms with Crippen LogP contribution in [0, 0.1) is 19.3 Å². The number of carbonyl (C=O) groups is 1. The van der Waals surface area contributed by atoms with E-state index in [0.717, 1.165) is 22.4 Å². The van der Waals surface area contributed by atoms with Gasteiger partial charge in [0.25, 0.3) is 5.91 Å². The Balaban J connectivity index is 2.39. The Morgan fingerprint density at radius 1 is 1.12 bits per heavy atom. The van der Waals surface area contributed by atoms with Crippen molar-refractivity contribution in [2.45, 2.75) is 19.9 Å². The second kappa shape index (κ2) is 12.0. The van der Waals surface area contributed by atoms with E-state index >= 15 is 0 Å². The molecule has 1 atom stereocenters. The van der Waals surface area contributed by atoms with Crippen LogP contribution in [0.25, 0.3) is 0 Å². The quantitative estimate of drug-likeness (QED) is 0.111. The van der Waals surface area contributed by atoms with Crippen LogP contribution >= 0.6 is 0 Å². The largest absolute Gasteiger partial charge is 0.489 e. The molecule has 0 bridgehead atoms. The molecule has 2 aromatic carbocycles. The molecule has 7 heteroatoms. The van der Waals surface area contributed by atoms with Gasteiger partial charge in [-0.15, -0.1) is 0 Å². The minimum atomic E-state index is -0.721. The normalized spacial score (nSPS) is 11.6. The minimum Gasteiger partial charge on any atom is -0.489 e. The first-order valence-electron chi connectivity index (χ1n) is 10.4. The van der Waals surface area contributed by atoms with Gasteiger partial charge in [0.05, 0.1) is 5.70 Å². The summed E-state index contributed by atoms with van der Waals surface area (Å²) in [5.41, 5.74) is 15.6. The number of nitrogens with two attached hydrogens (primary N) is 1. The summed E-state index contributed by atoms with van der Waals surface area (Å²) in [6.45, 7) is 15.3. The Morgan fingerprint density at radius 3 is 2.27 bits per heavy atom. The van der Waals surface area contributed by atoms with Crippen LogP contribution in [0.1, 0.15) is 28.3 Å². The predicted octanol–water partition coefficient (Wildman–Crippen LogP) is 4.18. The number of hydrazine groups is 1. The molecule has 0 radical (unpaired) electrons. The van der Waals surface area contributed by atoms with Crippen molar-refractivity contribution in [2.24, 2.45) is 5.73 Å². The molecule has 7 nitrogen and oxygen atoms in total. The molecule has 0 spiro atoms. The number of rotatable bonds is 12. The molecule has 2 rings (SSSR count). The van der Waals surface area contributed by atoms with Crippen LogP contribution < -0.4 is 26.6 Å². The summed E-state index contributed by atoms with van der Waals surface area (Å²) in [7, 11) is 0. The highest BCUT2D eigenvalue weighted by molar-refractivity contribution is 5.95. The van der Waals surface area contributed by atoms with Gasteiger partial charge in [0.15, 0.2) is 0 Å². The number of ether oxygens (including phenoxy) is 1. The van der Waals surface area contributed by atoms with E-state index in [4.69, 9.17) is 15.9 Å². The highest BCUT2D eigenvalue weighted by Gasteiger charge is 2.23. The van der Waals surface area contributed by atoms with Crippen molar-refractivity contribution >= 4 is 17.4 Å². The van der Waals surface area contributed by atoms with Gasteiger partial charge < -0.3 is 15.8 Å². The molecular formula is C26H31N5O2. The van der Waals surface area contributed by atoms with Crippen molar-refractivity contribution < 1.29 is 9.53 Å². The zero-order valence-corrected chi connectivity index (χ0v) is 19.1. The van der Waals surface area contributed by atoms with Crippen molar-refractivity contribution in [3.63, 3.8) is 0 Å². The first-order chi connectivity index (χ1) is 15.8. The highest BCUT2D eigenvalue weighted by atomic mass is 16.5. The Kier molecular flexibility index (Phi) is 9.06. The Bertz CT molecular complexity index is 1050. The van der Waals surface area contributed by atoms with Gasteiger partial charge in [-0.05, 0) is 79.1 Å². The molecular weight excluding hydrogens is 414 g/mol. The third-order valence-electron chi connectivity index (χ3n) is 4.78. The topological polar surface area (TPSA) is 112 Å². The van der Waals surface area contributed by atoms with E-state index < -0.39 is 6.04 Å². The number of anilines is 1. The van der Waals surface area contributed by atoms with Gasteiger partial charge in [0, 0.05) is 11.3 Å². The first kappa shape index (κ1) is 25.0. The van der Waals surface area contributed by atoms with Crippen LogP contribution in [-0.4, -0.2) is 18.3 Å². The SMILES string of the molecule is C=C/C=C(\C=C)NNC(=O)C(Nc1ccc(C(=N)N)cc1)c1cc(C)c(OCC=C)c(C)c1. The minimum absolute atomic E-state index is 0.0210. The number of aryl methyl sites for hydroxylation is 2. The van der Waals surface area contributed by atoms with Crippen LogP contribution in [-0.2, 0) is 4.79 Å². The van der Waals surface area contributed by atoms with Crippen molar-refractivity contribution in [2.75, 3.05) is 11.9 Å². The lowest BCUT2D eigenvalue weighted by molar-refractivity contribution is -0.122. The third-order valence-corrected chi connectivity index (χ3v) is 4.78. The number of carbonyl (C=O) groups excluding carboxylic acids is 1. The Morgan fingerprint density at radius 2 is 1.76 bits per heavy atom. The smallest absolute Gasteiger partial charge is 0.265 e. The summed E-state index contributed by atoms with van der Waals surface area (Å²) in [6.07, 6.45) is 6.55. The molecule has 33 heavy (non-hydrogen) atoms. The number of hydrogen-bond acceptors (Lipinski definition) is 5. The van der Waals surface area contributed by atoms with Crippen LogP contribution in [0.4, 0.5) is 5.69 Å². The molecule has 1 amide bonds. The molecule has 0 aliphatic heterocycles. The van der Waals surface area contributed by atoms with Gasteiger partial charge in [-0.2, -0.15) is 0 Å². The zero-order chi connectivity index (χ0) is 24.4. The Labute approximate surface area is 195 Å². The number of nitrogens with one attached hydrogen (secondary N) is 4. The lowest BCUT2D eigenvalue weighted by atomic mass is 9.99. The van der Waals surface area contributed by atoms with Crippen LogP contribution in [0.3, 0.4) is 0 Å². The average Bonchev–Trinajstić information content (AvgIpc) is 2.79. The van der Waals surface area contributed by atoms with E-state index in [9.17, 15) is 4.79 Å². The van der Waals surface area contributed by atoms with Crippen LogP contribution in [0.15, 0.2) is 86.1 Å². The molecule has 0 heterocycles. The molecule has 6 N–H and O–H groups in total. The fourth-order valence-corrected chi connectivity index (χ4v) is 3.23. The molecule has 0 saturated heterocycles. The van der Waals surface area contributed by atoms with Crippen molar-refractivity contribution in [3.05, 3.63) is 108 Å². The fraction of sp³-hybridized carbons (Fsp3) is 0.154. The second-order valence-electron chi connectivity index (χ2n) is 7.33. The lowest BCUT2D eigenvalue weighted by Gasteiger charge is -2.23. The van der Waals surface area contributed by atoms with Crippen molar-refractivity contribution in [1.29, 1.82) is 5.41 Å². The third kappa shape index (κ3) is 6.87. The molecule has 2 aromatic rings. The molecule has 0 aliphatic rings. The predicted molar refractivity (Wildman–Crippen MR) is 135 cm³/mol. The van der Waals surface area contributed by atoms with Gasteiger partial charge >= 0.3 is 0 Å². The van der Waals surface area contributed by atoms with Gasteiger partial charge in [-0.25, -0.2) is 0 Å². The average molecular weight is 446 g/mol. The van der Waals surface area contributed by atoms with E-state index in [-0.39, 0.29) is 11.7 Å². The van der Waals surface area contributed by atoms with E-state index in [2.05, 4.69) is 35.9 Å². The maximum atomic E-state index is 13.2. The van der Waals surface area contributed by atoms with Crippen LogP contribution in [0.2, 0.25) is 0 Å².